The second-order valence-corrected chi connectivity index (χ2v) is 6.54. The van der Waals surface area contributed by atoms with E-state index < -0.39 is 18.3 Å². The van der Waals surface area contributed by atoms with E-state index in [0.29, 0.717) is 12.2 Å². The van der Waals surface area contributed by atoms with E-state index in [4.69, 9.17) is 14.2 Å². The van der Waals surface area contributed by atoms with Gasteiger partial charge in [-0.2, -0.15) is 0 Å². The third-order valence-corrected chi connectivity index (χ3v) is 4.21. The standard InChI is InChI=1S/C21H28O6/c1-2-3-4-8-11-20(24)27-21-18(23)15-26-19(21)13-12-16(22)14-25-17-9-6-5-7-10-17/h5-7,9-10,12-13,16,19,21-22H,2-4,8,11,14-15H2,1H3/b13-12+. The molecule has 1 fully saturated rings. The van der Waals surface area contributed by atoms with Crippen LogP contribution in [0.2, 0.25) is 0 Å². The summed E-state index contributed by atoms with van der Waals surface area (Å²) in [6, 6.07) is 9.16. The number of unbranched alkanes of at least 4 members (excludes halogenated alkanes) is 3. The van der Waals surface area contributed by atoms with E-state index in [1.54, 1.807) is 18.2 Å². The van der Waals surface area contributed by atoms with Crippen molar-refractivity contribution in [2.24, 2.45) is 0 Å². The quantitative estimate of drug-likeness (QED) is 0.363. The van der Waals surface area contributed by atoms with Crippen molar-refractivity contribution in [1.29, 1.82) is 0 Å². The molecule has 27 heavy (non-hydrogen) atoms. The number of aliphatic hydroxyl groups is 1. The van der Waals surface area contributed by atoms with Crippen LogP contribution in [0.3, 0.4) is 0 Å². The van der Waals surface area contributed by atoms with Crippen molar-refractivity contribution in [3.63, 3.8) is 0 Å². The Morgan fingerprint density at radius 3 is 2.81 bits per heavy atom. The first-order chi connectivity index (χ1) is 13.1. The minimum Gasteiger partial charge on any atom is -0.491 e. The van der Waals surface area contributed by atoms with Gasteiger partial charge >= 0.3 is 5.97 Å². The Morgan fingerprint density at radius 1 is 1.30 bits per heavy atom. The van der Waals surface area contributed by atoms with Crippen molar-refractivity contribution in [3.05, 3.63) is 42.5 Å². The molecule has 0 saturated carbocycles. The zero-order chi connectivity index (χ0) is 19.5. The molecule has 1 aliphatic rings. The van der Waals surface area contributed by atoms with Crippen molar-refractivity contribution in [2.75, 3.05) is 13.2 Å². The van der Waals surface area contributed by atoms with Gasteiger partial charge in [0.15, 0.2) is 6.10 Å². The van der Waals surface area contributed by atoms with E-state index >= 15 is 0 Å². The van der Waals surface area contributed by atoms with E-state index in [9.17, 15) is 14.7 Å². The van der Waals surface area contributed by atoms with Gasteiger partial charge in [-0.05, 0) is 18.6 Å². The minimum atomic E-state index is -0.942. The Morgan fingerprint density at radius 2 is 2.07 bits per heavy atom. The molecule has 6 nitrogen and oxygen atoms in total. The molecule has 1 aliphatic heterocycles. The van der Waals surface area contributed by atoms with Crippen molar-refractivity contribution in [1.82, 2.24) is 0 Å². The summed E-state index contributed by atoms with van der Waals surface area (Å²) in [6.45, 7) is 2.07. The Kier molecular flexibility index (Phi) is 9.01. The summed E-state index contributed by atoms with van der Waals surface area (Å²) in [6.07, 6.45) is 4.75. The SMILES string of the molecule is CCCCCCC(=O)OC1C(=O)COC1/C=C/C(O)COc1ccccc1. The van der Waals surface area contributed by atoms with Gasteiger partial charge in [-0.3, -0.25) is 9.59 Å². The van der Waals surface area contributed by atoms with Crippen LogP contribution in [0.15, 0.2) is 42.5 Å². The molecule has 1 aromatic carbocycles. The number of rotatable bonds is 11. The van der Waals surface area contributed by atoms with Crippen LogP contribution in [0, 0.1) is 0 Å². The van der Waals surface area contributed by atoms with Gasteiger partial charge in [0.2, 0.25) is 5.78 Å². The topological polar surface area (TPSA) is 82.1 Å². The minimum absolute atomic E-state index is 0.0725. The number of hydrogen-bond donors (Lipinski definition) is 1. The molecule has 6 heteroatoms. The summed E-state index contributed by atoms with van der Waals surface area (Å²) in [5.41, 5.74) is 0. The molecule has 148 valence electrons. The highest BCUT2D eigenvalue weighted by Crippen LogP contribution is 2.17. The van der Waals surface area contributed by atoms with Crippen LogP contribution in [-0.2, 0) is 19.1 Å². The molecule has 1 heterocycles. The molecule has 0 spiro atoms. The lowest BCUT2D eigenvalue weighted by Gasteiger charge is -2.15. The number of carbonyl (C=O) groups is 2. The van der Waals surface area contributed by atoms with E-state index in [0.717, 1.165) is 25.7 Å². The molecular formula is C21H28O6. The van der Waals surface area contributed by atoms with Gasteiger partial charge in [0.05, 0.1) is 0 Å². The fourth-order valence-electron chi connectivity index (χ4n) is 2.71. The van der Waals surface area contributed by atoms with E-state index in [2.05, 4.69) is 6.92 Å². The zero-order valence-electron chi connectivity index (χ0n) is 15.7. The lowest BCUT2D eigenvalue weighted by molar-refractivity contribution is -0.154. The smallest absolute Gasteiger partial charge is 0.306 e. The predicted octanol–water partition coefficient (Wildman–Crippen LogP) is 2.83. The fourth-order valence-corrected chi connectivity index (χ4v) is 2.71. The van der Waals surface area contributed by atoms with E-state index in [-0.39, 0.29) is 25.0 Å². The predicted molar refractivity (Wildman–Crippen MR) is 100 cm³/mol. The summed E-state index contributed by atoms with van der Waals surface area (Å²) < 4.78 is 16.1. The lowest BCUT2D eigenvalue weighted by atomic mass is 10.1. The third-order valence-electron chi connectivity index (χ3n) is 4.21. The molecule has 1 N–H and O–H groups in total. The monoisotopic (exact) mass is 376 g/mol. The molecular weight excluding hydrogens is 348 g/mol. The maximum Gasteiger partial charge on any atom is 0.306 e. The molecule has 0 bridgehead atoms. The molecule has 1 saturated heterocycles. The lowest BCUT2D eigenvalue weighted by Crippen LogP contribution is -2.31. The number of Topliss-reactive ketones (excluding diaryl/α,β-unsaturated/α-hetero) is 1. The third kappa shape index (κ3) is 7.53. The maximum atomic E-state index is 11.9. The average Bonchev–Trinajstić information content (AvgIpc) is 3.02. The summed E-state index contributed by atoms with van der Waals surface area (Å²) >= 11 is 0. The molecule has 3 unspecified atom stereocenters. The molecule has 0 radical (unpaired) electrons. The van der Waals surface area contributed by atoms with Crippen molar-refractivity contribution >= 4 is 11.8 Å². The number of para-hydroxylation sites is 1. The Bertz CT molecular complexity index is 612. The highest BCUT2D eigenvalue weighted by atomic mass is 16.6. The Balaban J connectivity index is 1.78. The molecule has 0 aliphatic carbocycles. The number of benzene rings is 1. The molecule has 3 atom stereocenters. The highest BCUT2D eigenvalue weighted by molar-refractivity contribution is 5.89. The summed E-state index contributed by atoms with van der Waals surface area (Å²) in [5, 5.41) is 10.0. The zero-order valence-corrected chi connectivity index (χ0v) is 15.7. The van der Waals surface area contributed by atoms with Gasteiger partial charge in [-0.1, -0.05) is 56.5 Å². The first kappa shape index (κ1) is 21.1. The number of ketones is 1. The van der Waals surface area contributed by atoms with Crippen LogP contribution >= 0.6 is 0 Å². The first-order valence-electron chi connectivity index (χ1n) is 9.48. The van der Waals surface area contributed by atoms with Gasteiger partial charge in [0.25, 0.3) is 0 Å². The van der Waals surface area contributed by atoms with Crippen LogP contribution in [0.4, 0.5) is 0 Å². The second-order valence-electron chi connectivity index (χ2n) is 6.54. The van der Waals surface area contributed by atoms with E-state index in [1.807, 2.05) is 18.2 Å². The summed E-state index contributed by atoms with van der Waals surface area (Å²) in [5.74, 6) is 0.00928. The molecule has 0 amide bonds. The van der Waals surface area contributed by atoms with Crippen LogP contribution in [0.1, 0.15) is 39.0 Å². The van der Waals surface area contributed by atoms with Gasteiger partial charge in [0.1, 0.15) is 31.2 Å². The Labute approximate surface area is 160 Å². The highest BCUT2D eigenvalue weighted by Gasteiger charge is 2.37. The van der Waals surface area contributed by atoms with Crippen molar-refractivity contribution in [2.45, 2.75) is 57.3 Å². The van der Waals surface area contributed by atoms with Crippen LogP contribution in [-0.4, -0.2) is 48.4 Å². The first-order valence-corrected chi connectivity index (χ1v) is 9.48. The van der Waals surface area contributed by atoms with Crippen LogP contribution < -0.4 is 4.74 Å². The van der Waals surface area contributed by atoms with Gasteiger partial charge in [-0.25, -0.2) is 0 Å². The number of hydrogen-bond acceptors (Lipinski definition) is 6. The number of aliphatic hydroxyl groups excluding tert-OH is 1. The second kappa shape index (κ2) is 11.5. The molecule has 1 aromatic rings. The largest absolute Gasteiger partial charge is 0.491 e. The van der Waals surface area contributed by atoms with Crippen LogP contribution in [0.5, 0.6) is 5.75 Å². The van der Waals surface area contributed by atoms with E-state index in [1.165, 1.54) is 6.08 Å². The fraction of sp³-hybridized carbons (Fsp3) is 0.524. The van der Waals surface area contributed by atoms with Crippen LogP contribution in [0.25, 0.3) is 0 Å². The average molecular weight is 376 g/mol. The normalized spacial score (nSPS) is 20.7. The Hall–Kier alpha value is -2.18. The molecule has 2 rings (SSSR count). The maximum absolute atomic E-state index is 11.9. The van der Waals surface area contributed by atoms with Crippen molar-refractivity contribution < 1.29 is 28.9 Å². The van der Waals surface area contributed by atoms with Gasteiger partial charge < -0.3 is 19.3 Å². The number of carbonyl (C=O) groups excluding carboxylic acids is 2. The van der Waals surface area contributed by atoms with Gasteiger partial charge in [0, 0.05) is 6.42 Å². The van der Waals surface area contributed by atoms with Gasteiger partial charge in [-0.15, -0.1) is 0 Å². The van der Waals surface area contributed by atoms with Crippen molar-refractivity contribution in [3.8, 4) is 5.75 Å². The number of ether oxygens (including phenoxy) is 3. The number of esters is 1. The summed E-state index contributed by atoms with van der Waals surface area (Å²) in [4.78, 5) is 23.9. The summed E-state index contributed by atoms with van der Waals surface area (Å²) in [7, 11) is 0. The molecule has 0 aromatic heterocycles.